The van der Waals surface area contributed by atoms with Gasteiger partial charge in [-0.3, -0.25) is 4.98 Å². The monoisotopic (exact) mass is 204 g/mol. The number of pyridine rings is 1. The van der Waals surface area contributed by atoms with Crippen LogP contribution in [0.1, 0.15) is 18.4 Å². The topological polar surface area (TPSA) is 25.4 Å². The second kappa shape index (κ2) is 3.20. The minimum absolute atomic E-state index is 0.0812. The van der Waals surface area contributed by atoms with E-state index < -0.39 is 0 Å². The van der Waals surface area contributed by atoms with Crippen molar-refractivity contribution < 1.29 is 4.74 Å². The van der Waals surface area contributed by atoms with Crippen molar-refractivity contribution in [2.24, 2.45) is 0 Å². The van der Waals surface area contributed by atoms with Crippen molar-refractivity contribution in [3.63, 3.8) is 0 Å². The normalized spacial score (nSPS) is 23.8. The van der Waals surface area contributed by atoms with Gasteiger partial charge in [-0.25, -0.2) is 0 Å². The van der Waals surface area contributed by atoms with Gasteiger partial charge in [0.15, 0.2) is 0 Å². The number of hydrogen-bond donors (Lipinski definition) is 0. The molecule has 3 rings (SSSR count). The van der Waals surface area contributed by atoms with E-state index in [-0.39, 0.29) is 5.60 Å². The second-order valence-corrected chi connectivity index (χ2v) is 4.75. The molecule has 0 saturated carbocycles. The molecule has 3 heterocycles. The molecule has 1 aromatic rings. The first kappa shape index (κ1) is 9.16. The lowest BCUT2D eigenvalue weighted by Gasteiger charge is -2.36. The fourth-order valence-corrected chi connectivity index (χ4v) is 2.57. The Hall–Kier alpha value is -1.09. The standard InChI is InChI=1S/C12H16N2O/c1-14-6-3-12(4-7-14)8-10-9-13-5-2-11(10)15-12/h2,5,9H,3-4,6-8H2,1H3. The van der Waals surface area contributed by atoms with Gasteiger partial charge >= 0.3 is 0 Å². The van der Waals surface area contributed by atoms with E-state index in [1.165, 1.54) is 5.56 Å². The molecule has 1 saturated heterocycles. The van der Waals surface area contributed by atoms with E-state index >= 15 is 0 Å². The average molecular weight is 204 g/mol. The lowest BCUT2D eigenvalue weighted by atomic mass is 9.88. The molecule has 3 heteroatoms. The van der Waals surface area contributed by atoms with E-state index in [1.807, 2.05) is 18.5 Å². The molecule has 0 amide bonds. The summed E-state index contributed by atoms with van der Waals surface area (Å²) >= 11 is 0. The first-order valence-corrected chi connectivity index (χ1v) is 5.58. The molecular formula is C12H16N2O. The Morgan fingerprint density at radius 1 is 1.40 bits per heavy atom. The van der Waals surface area contributed by atoms with Crippen LogP contribution in [0.15, 0.2) is 18.5 Å². The fraction of sp³-hybridized carbons (Fsp3) is 0.583. The number of hydrogen-bond acceptors (Lipinski definition) is 3. The SMILES string of the molecule is CN1CCC2(CC1)Cc1cnccc1O2. The predicted molar refractivity (Wildman–Crippen MR) is 58.0 cm³/mol. The van der Waals surface area contributed by atoms with Crippen LogP contribution < -0.4 is 4.74 Å². The minimum atomic E-state index is 0.0812. The maximum absolute atomic E-state index is 6.12. The van der Waals surface area contributed by atoms with Crippen molar-refractivity contribution in [2.75, 3.05) is 20.1 Å². The Morgan fingerprint density at radius 3 is 2.93 bits per heavy atom. The number of likely N-dealkylation sites (tertiary alicyclic amines) is 1. The summed E-state index contributed by atoms with van der Waals surface area (Å²) in [4.78, 5) is 6.53. The molecule has 3 nitrogen and oxygen atoms in total. The van der Waals surface area contributed by atoms with Gasteiger partial charge in [0.1, 0.15) is 11.4 Å². The lowest BCUT2D eigenvalue weighted by molar-refractivity contribution is 0.0271. The number of ether oxygens (including phenoxy) is 1. The van der Waals surface area contributed by atoms with Crippen LogP contribution in [0, 0.1) is 0 Å². The zero-order valence-electron chi connectivity index (χ0n) is 9.07. The van der Waals surface area contributed by atoms with Crippen LogP contribution in [0.5, 0.6) is 5.75 Å². The van der Waals surface area contributed by atoms with Crippen molar-refractivity contribution in [3.8, 4) is 5.75 Å². The van der Waals surface area contributed by atoms with Gasteiger partial charge < -0.3 is 9.64 Å². The van der Waals surface area contributed by atoms with Gasteiger partial charge in [0.05, 0.1) is 0 Å². The molecular weight excluding hydrogens is 188 g/mol. The van der Waals surface area contributed by atoms with E-state index in [0.29, 0.717) is 0 Å². The van der Waals surface area contributed by atoms with E-state index in [9.17, 15) is 0 Å². The Morgan fingerprint density at radius 2 is 2.20 bits per heavy atom. The highest BCUT2D eigenvalue weighted by atomic mass is 16.5. The number of fused-ring (bicyclic) bond motifs is 1. The fourth-order valence-electron chi connectivity index (χ4n) is 2.57. The number of aromatic nitrogens is 1. The highest BCUT2D eigenvalue weighted by molar-refractivity contribution is 5.36. The van der Waals surface area contributed by atoms with E-state index in [0.717, 1.165) is 38.1 Å². The largest absolute Gasteiger partial charge is 0.486 e. The van der Waals surface area contributed by atoms with Crippen LogP contribution in [-0.2, 0) is 6.42 Å². The summed E-state index contributed by atoms with van der Waals surface area (Å²) in [6.07, 6.45) is 7.08. The highest BCUT2D eigenvalue weighted by Crippen LogP contribution is 2.40. The highest BCUT2D eigenvalue weighted by Gasteiger charge is 2.41. The molecule has 15 heavy (non-hydrogen) atoms. The molecule has 0 atom stereocenters. The van der Waals surface area contributed by atoms with Crippen molar-refractivity contribution in [2.45, 2.75) is 24.9 Å². The Kier molecular flexibility index (Phi) is 1.96. The van der Waals surface area contributed by atoms with Gasteiger partial charge in [-0.05, 0) is 13.1 Å². The Bertz CT molecular complexity index is 343. The molecule has 0 N–H and O–H groups in total. The van der Waals surface area contributed by atoms with Gasteiger partial charge in [0.25, 0.3) is 0 Å². The van der Waals surface area contributed by atoms with Crippen LogP contribution in [0.2, 0.25) is 0 Å². The van der Waals surface area contributed by atoms with E-state index in [1.54, 1.807) is 0 Å². The maximum atomic E-state index is 6.12. The summed E-state index contributed by atoms with van der Waals surface area (Å²) in [5.74, 6) is 1.05. The third kappa shape index (κ3) is 1.51. The molecule has 80 valence electrons. The molecule has 0 bridgehead atoms. The first-order valence-electron chi connectivity index (χ1n) is 5.58. The van der Waals surface area contributed by atoms with Crippen LogP contribution in [0.3, 0.4) is 0 Å². The van der Waals surface area contributed by atoms with Crippen molar-refractivity contribution >= 4 is 0 Å². The molecule has 1 spiro atoms. The quantitative estimate of drug-likeness (QED) is 0.640. The average Bonchev–Trinajstić information content (AvgIpc) is 2.61. The third-order valence-electron chi connectivity index (χ3n) is 3.60. The molecule has 2 aliphatic rings. The van der Waals surface area contributed by atoms with Crippen LogP contribution in [-0.4, -0.2) is 35.6 Å². The smallest absolute Gasteiger partial charge is 0.126 e. The summed E-state index contributed by atoms with van der Waals surface area (Å²) in [5, 5.41) is 0. The lowest BCUT2D eigenvalue weighted by Crippen LogP contribution is -2.45. The molecule has 2 aliphatic heterocycles. The minimum Gasteiger partial charge on any atom is -0.486 e. The summed E-state index contributed by atoms with van der Waals surface area (Å²) in [6, 6.07) is 1.99. The van der Waals surface area contributed by atoms with Gasteiger partial charge in [-0.2, -0.15) is 0 Å². The third-order valence-corrected chi connectivity index (χ3v) is 3.60. The Balaban J connectivity index is 1.83. The van der Waals surface area contributed by atoms with Crippen molar-refractivity contribution in [1.29, 1.82) is 0 Å². The number of nitrogens with zero attached hydrogens (tertiary/aromatic N) is 2. The second-order valence-electron chi connectivity index (χ2n) is 4.75. The van der Waals surface area contributed by atoms with Crippen molar-refractivity contribution in [3.05, 3.63) is 24.0 Å². The maximum Gasteiger partial charge on any atom is 0.126 e. The number of piperidine rings is 1. The zero-order valence-corrected chi connectivity index (χ0v) is 9.07. The van der Waals surface area contributed by atoms with E-state index in [2.05, 4.69) is 16.9 Å². The summed E-state index contributed by atoms with van der Waals surface area (Å²) in [6.45, 7) is 2.28. The molecule has 0 unspecified atom stereocenters. The van der Waals surface area contributed by atoms with E-state index in [4.69, 9.17) is 4.74 Å². The summed E-state index contributed by atoms with van der Waals surface area (Å²) < 4.78 is 6.12. The summed E-state index contributed by atoms with van der Waals surface area (Å²) in [5.41, 5.74) is 1.36. The van der Waals surface area contributed by atoms with Crippen LogP contribution in [0.25, 0.3) is 0 Å². The van der Waals surface area contributed by atoms with Gasteiger partial charge in [-0.1, -0.05) is 0 Å². The zero-order chi connectivity index (χ0) is 10.3. The number of rotatable bonds is 0. The molecule has 0 aliphatic carbocycles. The van der Waals surface area contributed by atoms with Crippen LogP contribution in [0.4, 0.5) is 0 Å². The molecule has 0 aromatic carbocycles. The van der Waals surface area contributed by atoms with Gasteiger partial charge in [-0.15, -0.1) is 0 Å². The predicted octanol–water partition coefficient (Wildman–Crippen LogP) is 1.48. The van der Waals surface area contributed by atoms with Gasteiger partial charge in [0, 0.05) is 50.3 Å². The molecule has 1 fully saturated rings. The first-order chi connectivity index (χ1) is 7.27. The summed E-state index contributed by atoms with van der Waals surface area (Å²) in [7, 11) is 2.18. The van der Waals surface area contributed by atoms with Crippen molar-refractivity contribution in [1.82, 2.24) is 9.88 Å². The van der Waals surface area contributed by atoms with Gasteiger partial charge in [0.2, 0.25) is 0 Å². The molecule has 0 radical (unpaired) electrons. The Labute approximate surface area is 90.1 Å². The molecule has 1 aromatic heterocycles. The van der Waals surface area contributed by atoms with Crippen LogP contribution >= 0.6 is 0 Å².